The van der Waals surface area contributed by atoms with Crippen LogP contribution in [-0.4, -0.2) is 24.4 Å². The van der Waals surface area contributed by atoms with Crippen molar-refractivity contribution in [2.75, 3.05) is 13.2 Å². The van der Waals surface area contributed by atoms with Gasteiger partial charge < -0.3 is 9.84 Å². The molecule has 1 aliphatic carbocycles. The molecule has 2 heteroatoms. The topological polar surface area (TPSA) is 29.5 Å². The van der Waals surface area contributed by atoms with Gasteiger partial charge in [-0.2, -0.15) is 0 Å². The molecule has 2 atom stereocenters. The highest BCUT2D eigenvalue weighted by molar-refractivity contribution is 4.76. The molecule has 2 unspecified atom stereocenters. The van der Waals surface area contributed by atoms with Crippen LogP contribution in [0.4, 0.5) is 0 Å². The zero-order valence-electron chi connectivity index (χ0n) is 8.24. The molecule has 0 radical (unpaired) electrons. The minimum atomic E-state index is -0.0627. The van der Waals surface area contributed by atoms with Gasteiger partial charge in [0.15, 0.2) is 0 Å². The molecule has 0 aromatic heterocycles. The van der Waals surface area contributed by atoms with E-state index in [0.29, 0.717) is 5.92 Å². The maximum absolute atomic E-state index is 9.73. The second-order valence-electron chi connectivity index (χ2n) is 4.64. The molecule has 13 heavy (non-hydrogen) atoms. The predicted molar refractivity (Wildman–Crippen MR) is 51.5 cm³/mol. The summed E-state index contributed by atoms with van der Waals surface area (Å²) < 4.78 is 5.28. The van der Waals surface area contributed by atoms with Gasteiger partial charge in [-0.15, -0.1) is 0 Å². The van der Waals surface area contributed by atoms with Crippen molar-refractivity contribution in [2.45, 2.75) is 44.6 Å². The Bertz CT molecular complexity index is 148. The lowest BCUT2D eigenvalue weighted by Gasteiger charge is -2.13. The Morgan fingerprint density at radius 3 is 2.69 bits per heavy atom. The van der Waals surface area contributed by atoms with Crippen LogP contribution in [0.3, 0.4) is 0 Å². The largest absolute Gasteiger partial charge is 0.393 e. The molecule has 76 valence electrons. The maximum Gasteiger partial charge on any atom is 0.0543 e. The second kappa shape index (κ2) is 4.43. The molecule has 1 saturated carbocycles. The fourth-order valence-corrected chi connectivity index (χ4v) is 2.11. The van der Waals surface area contributed by atoms with Gasteiger partial charge in [-0.1, -0.05) is 12.8 Å². The third-order valence-electron chi connectivity index (χ3n) is 3.23. The van der Waals surface area contributed by atoms with Gasteiger partial charge in [0.2, 0.25) is 0 Å². The Balaban J connectivity index is 1.56. The van der Waals surface area contributed by atoms with E-state index in [9.17, 15) is 5.11 Å². The predicted octanol–water partition coefficient (Wildman–Crippen LogP) is 1.96. The van der Waals surface area contributed by atoms with Crippen LogP contribution in [0.2, 0.25) is 0 Å². The van der Waals surface area contributed by atoms with Crippen LogP contribution in [0.15, 0.2) is 0 Å². The van der Waals surface area contributed by atoms with E-state index in [2.05, 4.69) is 0 Å². The Hall–Kier alpha value is -0.0800. The summed E-state index contributed by atoms with van der Waals surface area (Å²) in [5, 5.41) is 9.73. The minimum Gasteiger partial charge on any atom is -0.393 e. The molecule has 0 aromatic rings. The van der Waals surface area contributed by atoms with Crippen LogP contribution in [-0.2, 0) is 4.74 Å². The van der Waals surface area contributed by atoms with Gasteiger partial charge in [-0.05, 0) is 37.5 Å². The zero-order valence-corrected chi connectivity index (χ0v) is 8.24. The molecule has 0 spiro atoms. The van der Waals surface area contributed by atoms with Crippen molar-refractivity contribution < 1.29 is 9.84 Å². The second-order valence-corrected chi connectivity index (χ2v) is 4.64. The van der Waals surface area contributed by atoms with E-state index in [1.807, 2.05) is 0 Å². The summed E-state index contributed by atoms with van der Waals surface area (Å²) in [6.07, 6.45) is 7.12. The van der Waals surface area contributed by atoms with Crippen LogP contribution in [0.5, 0.6) is 0 Å². The highest BCUT2D eigenvalue weighted by atomic mass is 16.5. The van der Waals surface area contributed by atoms with Crippen molar-refractivity contribution in [3.63, 3.8) is 0 Å². The van der Waals surface area contributed by atoms with Crippen molar-refractivity contribution >= 4 is 0 Å². The summed E-state index contributed by atoms with van der Waals surface area (Å²) in [5.41, 5.74) is 0. The minimum absolute atomic E-state index is 0.0627. The normalized spacial score (nSPS) is 30.7. The van der Waals surface area contributed by atoms with Crippen LogP contribution >= 0.6 is 0 Å². The molecule has 2 nitrogen and oxygen atoms in total. The molecule has 2 aliphatic rings. The maximum atomic E-state index is 9.73. The summed E-state index contributed by atoms with van der Waals surface area (Å²) in [6, 6.07) is 0. The summed E-state index contributed by atoms with van der Waals surface area (Å²) in [5.74, 6) is 1.59. The van der Waals surface area contributed by atoms with Gasteiger partial charge in [-0.3, -0.25) is 0 Å². The molecule has 1 aliphatic heterocycles. The number of ether oxygens (including phenoxy) is 1. The van der Waals surface area contributed by atoms with Crippen LogP contribution in [0, 0.1) is 11.8 Å². The van der Waals surface area contributed by atoms with E-state index in [0.717, 1.165) is 38.4 Å². The Morgan fingerprint density at radius 1 is 1.23 bits per heavy atom. The monoisotopic (exact) mass is 184 g/mol. The van der Waals surface area contributed by atoms with Crippen LogP contribution < -0.4 is 0 Å². The highest BCUT2D eigenvalue weighted by Crippen LogP contribution is 2.34. The smallest absolute Gasteiger partial charge is 0.0543 e. The molecule has 1 saturated heterocycles. The van der Waals surface area contributed by atoms with Gasteiger partial charge in [0, 0.05) is 13.2 Å². The summed E-state index contributed by atoms with van der Waals surface area (Å²) >= 11 is 0. The number of rotatable bonds is 5. The number of hydrogen-bond acceptors (Lipinski definition) is 2. The summed E-state index contributed by atoms with van der Waals surface area (Å²) in [7, 11) is 0. The molecular formula is C11H20O2. The molecule has 0 amide bonds. The van der Waals surface area contributed by atoms with Crippen molar-refractivity contribution in [3.05, 3.63) is 0 Å². The standard InChI is InChI=1S/C11H20O2/c12-11(4-3-9-1-2-9)7-10-5-6-13-8-10/h9-12H,1-8H2. The van der Waals surface area contributed by atoms with E-state index in [1.54, 1.807) is 0 Å². The molecular weight excluding hydrogens is 164 g/mol. The first-order valence-electron chi connectivity index (χ1n) is 5.60. The zero-order chi connectivity index (χ0) is 9.10. The fourth-order valence-electron chi connectivity index (χ4n) is 2.11. The fraction of sp³-hybridized carbons (Fsp3) is 1.00. The third-order valence-corrected chi connectivity index (χ3v) is 3.23. The average molecular weight is 184 g/mol. The Morgan fingerprint density at radius 2 is 2.08 bits per heavy atom. The van der Waals surface area contributed by atoms with Crippen molar-refractivity contribution in [3.8, 4) is 0 Å². The molecule has 2 rings (SSSR count). The molecule has 2 fully saturated rings. The van der Waals surface area contributed by atoms with E-state index >= 15 is 0 Å². The van der Waals surface area contributed by atoms with Crippen LogP contribution in [0.25, 0.3) is 0 Å². The van der Waals surface area contributed by atoms with Gasteiger partial charge in [0.1, 0.15) is 0 Å². The highest BCUT2D eigenvalue weighted by Gasteiger charge is 2.24. The summed E-state index contributed by atoms with van der Waals surface area (Å²) in [4.78, 5) is 0. The number of hydrogen-bond donors (Lipinski definition) is 1. The van der Waals surface area contributed by atoms with Gasteiger partial charge in [0.05, 0.1) is 6.10 Å². The van der Waals surface area contributed by atoms with E-state index in [4.69, 9.17) is 4.74 Å². The van der Waals surface area contributed by atoms with E-state index in [1.165, 1.54) is 19.3 Å². The van der Waals surface area contributed by atoms with Crippen molar-refractivity contribution in [1.82, 2.24) is 0 Å². The quantitative estimate of drug-likeness (QED) is 0.707. The Kier molecular flexibility index (Phi) is 3.23. The number of aliphatic hydroxyl groups excluding tert-OH is 1. The first-order valence-corrected chi connectivity index (χ1v) is 5.60. The SMILES string of the molecule is OC(CCC1CC1)CC1CCOC1. The Labute approximate surface area is 80.3 Å². The van der Waals surface area contributed by atoms with Gasteiger partial charge in [-0.25, -0.2) is 0 Å². The lowest BCUT2D eigenvalue weighted by atomic mass is 9.97. The van der Waals surface area contributed by atoms with Crippen molar-refractivity contribution in [1.29, 1.82) is 0 Å². The van der Waals surface area contributed by atoms with E-state index < -0.39 is 0 Å². The molecule has 1 heterocycles. The summed E-state index contributed by atoms with van der Waals surface area (Å²) in [6.45, 7) is 1.78. The van der Waals surface area contributed by atoms with E-state index in [-0.39, 0.29) is 6.10 Å². The first kappa shape index (κ1) is 9.47. The first-order chi connectivity index (χ1) is 6.34. The molecule has 0 bridgehead atoms. The molecule has 0 aromatic carbocycles. The van der Waals surface area contributed by atoms with Crippen molar-refractivity contribution in [2.24, 2.45) is 11.8 Å². The van der Waals surface area contributed by atoms with Gasteiger partial charge >= 0.3 is 0 Å². The van der Waals surface area contributed by atoms with Crippen LogP contribution in [0.1, 0.15) is 38.5 Å². The third kappa shape index (κ3) is 3.28. The lowest BCUT2D eigenvalue weighted by Crippen LogP contribution is -2.13. The molecule has 1 N–H and O–H groups in total. The average Bonchev–Trinajstić information content (AvgIpc) is 2.82. The number of aliphatic hydroxyl groups is 1. The van der Waals surface area contributed by atoms with Gasteiger partial charge in [0.25, 0.3) is 0 Å². The lowest BCUT2D eigenvalue weighted by molar-refractivity contribution is 0.118.